The van der Waals surface area contributed by atoms with Gasteiger partial charge in [0, 0.05) is 18.6 Å². The van der Waals surface area contributed by atoms with Crippen LogP contribution >= 0.6 is 0 Å². The number of benzene rings is 3. The van der Waals surface area contributed by atoms with Crippen LogP contribution in [-0.2, 0) is 31.9 Å². The van der Waals surface area contributed by atoms with Crippen LogP contribution in [0, 0.1) is 11.8 Å². The Morgan fingerprint density at radius 3 is 2.06 bits per heavy atom. The summed E-state index contributed by atoms with van der Waals surface area (Å²) >= 11 is 0. The van der Waals surface area contributed by atoms with Gasteiger partial charge in [0.1, 0.15) is 6.29 Å². The quantitative estimate of drug-likeness (QED) is 0.0647. The summed E-state index contributed by atoms with van der Waals surface area (Å²) in [5.74, 6) is 0.630. The summed E-state index contributed by atoms with van der Waals surface area (Å²) in [7, 11) is 1.69. The van der Waals surface area contributed by atoms with Crippen molar-refractivity contribution in [3.05, 3.63) is 108 Å². The van der Waals surface area contributed by atoms with Gasteiger partial charge in [0.15, 0.2) is 0 Å². The van der Waals surface area contributed by atoms with E-state index in [1.165, 1.54) is 64.6 Å². The summed E-state index contributed by atoms with van der Waals surface area (Å²) in [4.78, 5) is 21.5. The van der Waals surface area contributed by atoms with E-state index in [1.54, 1.807) is 7.11 Å². The predicted octanol–water partition coefficient (Wildman–Crippen LogP) is 8.68. The molecule has 0 aliphatic heterocycles. The number of aryl methyl sites for hydroxylation is 2. The smallest absolute Gasteiger partial charge is 0.335 e. The highest BCUT2D eigenvalue weighted by molar-refractivity contribution is 5.87. The van der Waals surface area contributed by atoms with E-state index in [0.717, 1.165) is 32.1 Å². The Labute approximate surface area is 293 Å². The summed E-state index contributed by atoms with van der Waals surface area (Å²) in [6.07, 6.45) is 10.9. The van der Waals surface area contributed by atoms with Gasteiger partial charge in [-0.2, -0.15) is 0 Å². The molecule has 0 spiro atoms. The highest BCUT2D eigenvalue weighted by Crippen LogP contribution is 2.40. The molecule has 264 valence electrons. The monoisotopic (exact) mass is 668 g/mol. The minimum absolute atomic E-state index is 0.0907. The maximum absolute atomic E-state index is 12.0. The molecule has 3 aromatic rings. The number of carbonyl (C=O) groups excluding carboxylic acids is 2. The number of aldehydes is 1. The van der Waals surface area contributed by atoms with Crippen LogP contribution in [0.4, 0.5) is 0 Å². The second-order valence-corrected chi connectivity index (χ2v) is 13.1. The molecule has 49 heavy (non-hydrogen) atoms. The van der Waals surface area contributed by atoms with Crippen molar-refractivity contribution < 1.29 is 29.3 Å². The van der Waals surface area contributed by atoms with E-state index in [1.807, 2.05) is 0 Å². The van der Waals surface area contributed by atoms with Crippen molar-refractivity contribution in [1.82, 2.24) is 0 Å². The fourth-order valence-electron chi connectivity index (χ4n) is 6.57. The largest absolute Gasteiger partial charge is 0.462 e. The second kappa shape index (κ2) is 21.3. The Bertz CT molecular complexity index is 1470. The van der Waals surface area contributed by atoms with Crippen LogP contribution in [0.25, 0.3) is 22.3 Å². The average Bonchev–Trinajstić information content (AvgIpc) is 3.16. The fraction of sp³-hybridized carbons (Fsp3) is 0.442. The molecule has 0 bridgehead atoms. The van der Waals surface area contributed by atoms with Crippen molar-refractivity contribution >= 4 is 12.3 Å². The molecule has 4 rings (SSSR count). The number of rotatable bonds is 17. The first-order chi connectivity index (χ1) is 23.8. The van der Waals surface area contributed by atoms with Crippen LogP contribution in [0.15, 0.2) is 91.0 Å². The van der Waals surface area contributed by atoms with Crippen molar-refractivity contribution in [2.75, 3.05) is 33.5 Å². The zero-order chi connectivity index (χ0) is 35.6. The van der Waals surface area contributed by atoms with Crippen LogP contribution < -0.4 is 0 Å². The van der Waals surface area contributed by atoms with Crippen molar-refractivity contribution in [2.45, 2.75) is 77.6 Å². The molecule has 0 heterocycles. The minimum atomic E-state index is -0.523. The van der Waals surface area contributed by atoms with E-state index in [4.69, 9.17) is 19.7 Å². The van der Waals surface area contributed by atoms with Crippen LogP contribution in [0.5, 0.6) is 0 Å². The molecule has 0 aromatic heterocycles. The maximum Gasteiger partial charge on any atom is 0.335 e. The molecule has 1 saturated carbocycles. The topological polar surface area (TPSA) is 93.1 Å². The zero-order valence-electron chi connectivity index (χ0n) is 29.8. The Hall–Kier alpha value is -3.84. The normalized spacial score (nSPS) is 16.2. The Morgan fingerprint density at radius 2 is 1.51 bits per heavy atom. The van der Waals surface area contributed by atoms with Crippen LogP contribution in [0.3, 0.4) is 0 Å². The Morgan fingerprint density at radius 1 is 0.857 bits per heavy atom. The second-order valence-electron chi connectivity index (χ2n) is 13.1. The zero-order valence-corrected chi connectivity index (χ0v) is 29.8. The number of unbranched alkanes of at least 4 members (excludes halogenated alkanes) is 2. The van der Waals surface area contributed by atoms with E-state index in [2.05, 4.69) is 93.7 Å². The highest BCUT2D eigenvalue weighted by Gasteiger charge is 2.29. The third kappa shape index (κ3) is 12.2. The van der Waals surface area contributed by atoms with E-state index < -0.39 is 5.97 Å². The van der Waals surface area contributed by atoms with Crippen LogP contribution in [-0.4, -0.2) is 56.0 Å². The molecule has 6 heteroatoms. The number of esters is 1. The summed E-state index contributed by atoms with van der Waals surface area (Å²) in [5.41, 5.74) is 9.70. The molecule has 1 unspecified atom stereocenters. The highest BCUT2D eigenvalue weighted by atomic mass is 16.5. The molecule has 6 nitrogen and oxygen atoms in total. The molecule has 1 fully saturated rings. The van der Waals surface area contributed by atoms with Crippen molar-refractivity contribution in [1.29, 1.82) is 0 Å². The first-order valence-corrected chi connectivity index (χ1v) is 17.8. The van der Waals surface area contributed by atoms with Gasteiger partial charge in [0.2, 0.25) is 0 Å². The first-order valence-electron chi connectivity index (χ1n) is 17.8. The summed E-state index contributed by atoms with van der Waals surface area (Å²) in [6.45, 7) is 11.5. The van der Waals surface area contributed by atoms with Crippen molar-refractivity contribution in [2.24, 2.45) is 11.8 Å². The molecule has 0 radical (unpaired) electrons. The lowest BCUT2D eigenvalue weighted by atomic mass is 9.74. The summed E-state index contributed by atoms with van der Waals surface area (Å²) in [5, 5.41) is 17.1. The number of hydrogen-bond donors (Lipinski definition) is 2. The van der Waals surface area contributed by atoms with E-state index >= 15 is 0 Å². The molecule has 3 aromatic carbocycles. The van der Waals surface area contributed by atoms with Crippen molar-refractivity contribution in [3.63, 3.8) is 0 Å². The predicted molar refractivity (Wildman–Crippen MR) is 199 cm³/mol. The molecule has 1 aliphatic carbocycles. The van der Waals surface area contributed by atoms with Gasteiger partial charge in [-0.25, -0.2) is 4.79 Å². The number of hydrogen-bond acceptors (Lipinski definition) is 6. The van der Waals surface area contributed by atoms with Gasteiger partial charge in [0.05, 0.1) is 32.0 Å². The minimum Gasteiger partial charge on any atom is -0.462 e. The Balaban J connectivity index is 0.000000992. The van der Waals surface area contributed by atoms with Gasteiger partial charge in [-0.1, -0.05) is 107 Å². The lowest BCUT2D eigenvalue weighted by Gasteiger charge is -2.33. The van der Waals surface area contributed by atoms with Gasteiger partial charge in [-0.05, 0) is 95.7 Å². The lowest BCUT2D eigenvalue weighted by molar-refractivity contribution is -0.142. The van der Waals surface area contributed by atoms with E-state index in [9.17, 15) is 9.59 Å². The number of methoxy groups -OCH3 is 1. The summed E-state index contributed by atoms with van der Waals surface area (Å²) in [6, 6.07) is 25.3. The maximum atomic E-state index is 12.0. The molecule has 1 atom stereocenters. The van der Waals surface area contributed by atoms with Crippen LogP contribution in [0.2, 0.25) is 0 Å². The van der Waals surface area contributed by atoms with Gasteiger partial charge in [-0.3, -0.25) is 4.79 Å². The van der Waals surface area contributed by atoms with Gasteiger partial charge in [0.25, 0.3) is 0 Å². The van der Waals surface area contributed by atoms with E-state index in [0.29, 0.717) is 31.3 Å². The van der Waals surface area contributed by atoms with Crippen molar-refractivity contribution in [3.8, 4) is 22.3 Å². The molecule has 0 saturated heterocycles. The molecule has 1 aliphatic rings. The van der Waals surface area contributed by atoms with Gasteiger partial charge >= 0.3 is 5.97 Å². The molecule has 2 N–H and O–H groups in total. The van der Waals surface area contributed by atoms with Crippen LogP contribution in [0.1, 0.15) is 81.4 Å². The third-order valence-electron chi connectivity index (χ3n) is 9.63. The first kappa shape index (κ1) is 39.6. The van der Waals surface area contributed by atoms with E-state index in [-0.39, 0.29) is 30.3 Å². The SMILES string of the molecule is C=C(C=O)CO.C=C(CO)C(=O)OCC(COC)C1CCC(c2ccc(-c3ccc(-c4ccc(CCCCC)cc4)c(CC)c3)cc2)CC1. The number of carbonyl (C=O) groups is 2. The fourth-order valence-corrected chi connectivity index (χ4v) is 6.57. The molecular weight excluding hydrogens is 612 g/mol. The Kier molecular flexibility index (Phi) is 17.2. The molecule has 0 amide bonds. The lowest BCUT2D eigenvalue weighted by Crippen LogP contribution is -2.29. The standard InChI is InChI=1S/C39H50O4.C4H6O2/c1-5-7-8-9-29-10-12-35(13-11-29)38-23-22-36(24-30(38)6-2)33-18-14-31(15-19-33)32-16-20-34(21-17-32)37(26-42-4)27-43-39(41)28(3)25-40;1-4(2-5)3-6/h10-15,18-19,22-24,32,34,37,40H,3,5-9,16-17,20-21,25-27H2,1-2,4H3;2,6H,1,3H2. The van der Waals surface area contributed by atoms with Gasteiger partial charge in [-0.15, -0.1) is 0 Å². The summed E-state index contributed by atoms with van der Waals surface area (Å²) < 4.78 is 10.9. The van der Waals surface area contributed by atoms with Gasteiger partial charge < -0.3 is 19.7 Å². The molecular formula is C43H56O6. The average molecular weight is 669 g/mol. The number of aliphatic hydroxyl groups excluding tert-OH is 2. The number of aliphatic hydroxyl groups is 2. The number of ether oxygens (including phenoxy) is 2. The third-order valence-corrected chi connectivity index (χ3v) is 9.63.